The second kappa shape index (κ2) is 7.31. The van der Waals surface area contributed by atoms with Gasteiger partial charge in [-0.3, -0.25) is 16.0 Å². The number of nitrogens with one attached hydrogen (secondary N) is 1. The smallest absolute Gasteiger partial charge is 0.313 e. The number of nitrogen functional groups attached to an aromatic ring is 1. The molecule has 0 bridgehead atoms. The molecule has 0 saturated carbocycles. The summed E-state index contributed by atoms with van der Waals surface area (Å²) >= 11 is 0. The summed E-state index contributed by atoms with van der Waals surface area (Å²) in [5, 5.41) is 11.2. The number of hydrogen-bond donors (Lipinski definition) is 2. The second-order valence-electron chi connectivity index (χ2n) is 4.04. The van der Waals surface area contributed by atoms with E-state index in [1.54, 1.807) is 6.92 Å². The van der Waals surface area contributed by atoms with E-state index in [9.17, 15) is 18.5 Å². The Hall–Kier alpha value is -1.75. The molecular weight excluding hydrogens is 300 g/mol. The number of ether oxygens (including phenoxy) is 1. The molecule has 0 spiro atoms. The Bertz CT molecular complexity index is 605. The number of nitro benzene ring substituents is 1. The number of nitrogens with zero attached hydrogens (tertiary/aromatic N) is 2. The van der Waals surface area contributed by atoms with Gasteiger partial charge in [0.2, 0.25) is 10.0 Å². The van der Waals surface area contributed by atoms with Gasteiger partial charge in [0.05, 0.1) is 11.5 Å². The van der Waals surface area contributed by atoms with E-state index in [4.69, 9.17) is 10.6 Å². The summed E-state index contributed by atoms with van der Waals surface area (Å²) in [6, 6.07) is 3.91. The lowest BCUT2D eigenvalue weighted by molar-refractivity contribution is -0.386. The molecule has 0 saturated heterocycles. The van der Waals surface area contributed by atoms with Crippen molar-refractivity contribution in [3.05, 3.63) is 28.3 Å². The van der Waals surface area contributed by atoms with Gasteiger partial charge in [-0.25, -0.2) is 8.42 Å². The highest BCUT2D eigenvalue weighted by Gasteiger charge is 2.32. The normalized spacial score (nSPS) is 11.6. The summed E-state index contributed by atoms with van der Waals surface area (Å²) in [5.41, 5.74) is 1.50. The first kappa shape index (κ1) is 17.3. The molecule has 1 aromatic rings. The van der Waals surface area contributed by atoms with Crippen molar-refractivity contribution in [1.82, 2.24) is 4.31 Å². The average molecular weight is 318 g/mol. The number of sulfonamides is 1. The first-order chi connectivity index (χ1) is 9.89. The molecule has 1 rings (SSSR count). The van der Waals surface area contributed by atoms with Gasteiger partial charge in [-0.15, -0.1) is 0 Å². The maximum atomic E-state index is 12.6. The summed E-state index contributed by atoms with van der Waals surface area (Å²) in [7, 11) is -2.57. The van der Waals surface area contributed by atoms with Crippen LogP contribution in [0.2, 0.25) is 0 Å². The zero-order valence-corrected chi connectivity index (χ0v) is 12.6. The lowest BCUT2D eigenvalue weighted by atomic mass is 10.3. The van der Waals surface area contributed by atoms with Crippen molar-refractivity contribution in [2.45, 2.75) is 11.8 Å². The van der Waals surface area contributed by atoms with Crippen LogP contribution in [0.5, 0.6) is 0 Å². The molecule has 3 N–H and O–H groups in total. The fourth-order valence-electron chi connectivity index (χ4n) is 1.82. The van der Waals surface area contributed by atoms with Crippen LogP contribution in [0.3, 0.4) is 0 Å². The summed E-state index contributed by atoms with van der Waals surface area (Å²) in [6.45, 7) is 2.11. The Morgan fingerprint density at radius 3 is 2.62 bits per heavy atom. The predicted octanol–water partition coefficient (Wildman–Crippen LogP) is 0.537. The Labute approximate surface area is 122 Å². The predicted molar refractivity (Wildman–Crippen MR) is 77.2 cm³/mol. The Kier molecular flexibility index (Phi) is 6.03. The fourth-order valence-corrected chi connectivity index (χ4v) is 3.43. The van der Waals surface area contributed by atoms with Crippen LogP contribution in [0.15, 0.2) is 23.1 Å². The molecule has 0 aliphatic rings. The molecule has 10 heteroatoms. The third-order valence-electron chi connectivity index (χ3n) is 2.85. The van der Waals surface area contributed by atoms with Crippen molar-refractivity contribution in [2.24, 2.45) is 5.84 Å². The Morgan fingerprint density at radius 2 is 2.14 bits per heavy atom. The van der Waals surface area contributed by atoms with E-state index in [-0.39, 0.29) is 25.4 Å². The van der Waals surface area contributed by atoms with Gasteiger partial charge in [-0.2, -0.15) is 4.31 Å². The number of methoxy groups -OCH3 is 1. The van der Waals surface area contributed by atoms with Crippen LogP contribution in [0.1, 0.15) is 6.92 Å². The van der Waals surface area contributed by atoms with Crippen LogP contribution < -0.4 is 11.3 Å². The maximum absolute atomic E-state index is 12.6. The van der Waals surface area contributed by atoms with E-state index in [1.807, 2.05) is 0 Å². The zero-order chi connectivity index (χ0) is 16.0. The van der Waals surface area contributed by atoms with Crippen LogP contribution in [0, 0.1) is 10.1 Å². The molecule has 21 heavy (non-hydrogen) atoms. The highest BCUT2D eigenvalue weighted by atomic mass is 32.2. The molecule has 0 atom stereocenters. The summed E-state index contributed by atoms with van der Waals surface area (Å²) in [6.07, 6.45) is 0. The van der Waals surface area contributed by atoms with E-state index in [0.29, 0.717) is 0 Å². The minimum absolute atomic E-state index is 0.0659. The van der Waals surface area contributed by atoms with Gasteiger partial charge >= 0.3 is 5.69 Å². The SMILES string of the molecule is CCN(CCOC)S(=O)(=O)c1cccc(NN)c1[N+](=O)[O-]. The largest absolute Gasteiger partial charge is 0.383 e. The molecule has 9 nitrogen and oxygen atoms in total. The highest BCUT2D eigenvalue weighted by Crippen LogP contribution is 2.33. The molecule has 0 aromatic heterocycles. The van der Waals surface area contributed by atoms with Crippen molar-refractivity contribution in [3.8, 4) is 0 Å². The minimum Gasteiger partial charge on any atom is -0.383 e. The van der Waals surface area contributed by atoms with Crippen molar-refractivity contribution in [2.75, 3.05) is 32.2 Å². The standard InChI is InChI=1S/C11H18N4O5S/c1-3-14(7-8-20-2)21(18,19)10-6-4-5-9(13-12)11(10)15(16)17/h4-6,13H,3,7-8,12H2,1-2H3. The number of nitrogens with two attached hydrogens (primary N) is 1. The quantitative estimate of drug-likeness (QED) is 0.406. The van der Waals surface area contributed by atoms with E-state index in [0.717, 1.165) is 4.31 Å². The van der Waals surface area contributed by atoms with Crippen LogP contribution in [0.25, 0.3) is 0 Å². The highest BCUT2D eigenvalue weighted by molar-refractivity contribution is 7.89. The van der Waals surface area contributed by atoms with E-state index in [2.05, 4.69) is 5.43 Å². The topological polar surface area (TPSA) is 128 Å². The first-order valence-electron chi connectivity index (χ1n) is 6.13. The van der Waals surface area contributed by atoms with E-state index >= 15 is 0 Å². The molecule has 118 valence electrons. The molecule has 0 fully saturated rings. The molecule has 0 amide bonds. The summed E-state index contributed by atoms with van der Waals surface area (Å²) in [5.74, 6) is 5.21. The fraction of sp³-hybridized carbons (Fsp3) is 0.455. The van der Waals surface area contributed by atoms with Gasteiger partial charge in [0.15, 0.2) is 4.90 Å². The van der Waals surface area contributed by atoms with Crippen LogP contribution >= 0.6 is 0 Å². The van der Waals surface area contributed by atoms with Gasteiger partial charge in [-0.05, 0) is 12.1 Å². The van der Waals surface area contributed by atoms with Crippen molar-refractivity contribution in [3.63, 3.8) is 0 Å². The summed E-state index contributed by atoms with van der Waals surface area (Å²) < 4.78 is 31.1. The Morgan fingerprint density at radius 1 is 1.48 bits per heavy atom. The summed E-state index contributed by atoms with van der Waals surface area (Å²) in [4.78, 5) is 10.0. The average Bonchev–Trinajstić information content (AvgIpc) is 2.46. The number of hydrogen-bond acceptors (Lipinski definition) is 7. The molecular formula is C11H18N4O5S. The maximum Gasteiger partial charge on any atom is 0.313 e. The molecule has 0 radical (unpaired) electrons. The molecule has 0 heterocycles. The second-order valence-corrected chi connectivity index (χ2v) is 5.95. The van der Waals surface area contributed by atoms with Gasteiger partial charge in [0.25, 0.3) is 0 Å². The van der Waals surface area contributed by atoms with Crippen LogP contribution in [-0.2, 0) is 14.8 Å². The van der Waals surface area contributed by atoms with Crippen molar-refractivity contribution in [1.29, 1.82) is 0 Å². The molecule has 0 unspecified atom stereocenters. The van der Waals surface area contributed by atoms with Gasteiger partial charge in [0, 0.05) is 20.2 Å². The van der Waals surface area contributed by atoms with Gasteiger partial charge in [-0.1, -0.05) is 13.0 Å². The Balaban J connectivity index is 3.40. The number of likely N-dealkylation sites (N-methyl/N-ethyl adjacent to an activating group) is 1. The van der Waals surface area contributed by atoms with E-state index in [1.165, 1.54) is 25.3 Å². The zero-order valence-electron chi connectivity index (χ0n) is 11.8. The van der Waals surface area contributed by atoms with Crippen LogP contribution in [-0.4, -0.2) is 44.5 Å². The number of anilines is 1. The first-order valence-corrected chi connectivity index (χ1v) is 7.57. The lowest BCUT2D eigenvalue weighted by Crippen LogP contribution is -2.34. The van der Waals surface area contributed by atoms with Crippen LogP contribution in [0.4, 0.5) is 11.4 Å². The van der Waals surface area contributed by atoms with Gasteiger partial charge in [0.1, 0.15) is 5.69 Å². The van der Waals surface area contributed by atoms with Gasteiger partial charge < -0.3 is 10.2 Å². The number of nitro groups is 1. The number of hydrazine groups is 1. The third kappa shape index (κ3) is 3.67. The lowest BCUT2D eigenvalue weighted by Gasteiger charge is -2.20. The molecule has 0 aliphatic heterocycles. The molecule has 0 aliphatic carbocycles. The number of rotatable bonds is 8. The minimum atomic E-state index is -4.02. The van der Waals surface area contributed by atoms with Crippen molar-refractivity contribution >= 4 is 21.4 Å². The number of benzene rings is 1. The molecule has 1 aromatic carbocycles. The third-order valence-corrected chi connectivity index (χ3v) is 4.86. The number of para-hydroxylation sites is 1. The van der Waals surface area contributed by atoms with Crippen molar-refractivity contribution < 1.29 is 18.1 Å². The monoisotopic (exact) mass is 318 g/mol. The van der Waals surface area contributed by atoms with E-state index < -0.39 is 25.5 Å².